The second-order valence-electron chi connectivity index (χ2n) is 6.99. The van der Waals surface area contributed by atoms with Gasteiger partial charge in [-0.05, 0) is 58.0 Å². The Morgan fingerprint density at radius 2 is 1.81 bits per heavy atom. The standard InChI is InChI=1S/C18H33N3/c1-3-13-20-18(15-19)12-8-11-17(14-18)21(4-2)16-9-6-5-7-10-16/h16-17,20H,3-14H2,1-2H3. The highest BCUT2D eigenvalue weighted by Gasteiger charge is 2.39. The van der Waals surface area contributed by atoms with E-state index in [1.54, 1.807) is 0 Å². The van der Waals surface area contributed by atoms with Crippen LogP contribution in [0.15, 0.2) is 0 Å². The number of rotatable bonds is 6. The van der Waals surface area contributed by atoms with Crippen LogP contribution < -0.4 is 5.32 Å². The van der Waals surface area contributed by atoms with E-state index in [1.165, 1.54) is 44.9 Å². The number of hydrogen-bond acceptors (Lipinski definition) is 3. The summed E-state index contributed by atoms with van der Waals surface area (Å²) >= 11 is 0. The van der Waals surface area contributed by atoms with Crippen LogP contribution in [-0.2, 0) is 0 Å². The average molecular weight is 291 g/mol. The minimum atomic E-state index is -0.263. The Hall–Kier alpha value is -0.590. The zero-order valence-electron chi connectivity index (χ0n) is 14.0. The molecule has 0 aromatic carbocycles. The molecule has 3 nitrogen and oxygen atoms in total. The molecule has 0 spiro atoms. The van der Waals surface area contributed by atoms with Gasteiger partial charge in [-0.25, -0.2) is 0 Å². The minimum Gasteiger partial charge on any atom is -0.299 e. The largest absolute Gasteiger partial charge is 0.299 e. The molecule has 2 atom stereocenters. The second-order valence-corrected chi connectivity index (χ2v) is 6.99. The highest BCUT2D eigenvalue weighted by atomic mass is 15.2. The van der Waals surface area contributed by atoms with E-state index in [9.17, 15) is 5.26 Å². The third-order valence-corrected chi connectivity index (χ3v) is 5.53. The monoisotopic (exact) mass is 291 g/mol. The van der Waals surface area contributed by atoms with Gasteiger partial charge in [0.2, 0.25) is 0 Å². The maximum Gasteiger partial charge on any atom is 0.108 e. The van der Waals surface area contributed by atoms with Gasteiger partial charge in [-0.1, -0.05) is 33.1 Å². The molecule has 1 N–H and O–H groups in total. The summed E-state index contributed by atoms with van der Waals surface area (Å²) in [5, 5.41) is 13.3. The van der Waals surface area contributed by atoms with Gasteiger partial charge in [-0.3, -0.25) is 10.2 Å². The van der Waals surface area contributed by atoms with E-state index in [1.807, 2.05) is 0 Å². The first-order chi connectivity index (χ1) is 10.2. The minimum absolute atomic E-state index is 0.263. The van der Waals surface area contributed by atoms with E-state index in [4.69, 9.17) is 0 Å². The van der Waals surface area contributed by atoms with Crippen LogP contribution in [0, 0.1) is 11.3 Å². The lowest BCUT2D eigenvalue weighted by Crippen LogP contribution is -2.55. The van der Waals surface area contributed by atoms with Crippen LogP contribution in [0.3, 0.4) is 0 Å². The number of nitrogens with one attached hydrogen (secondary N) is 1. The molecule has 0 amide bonds. The fourth-order valence-corrected chi connectivity index (χ4v) is 4.42. The van der Waals surface area contributed by atoms with E-state index in [0.717, 1.165) is 38.4 Å². The van der Waals surface area contributed by atoms with Crippen molar-refractivity contribution in [1.82, 2.24) is 10.2 Å². The molecule has 2 aliphatic carbocycles. The van der Waals surface area contributed by atoms with Crippen LogP contribution >= 0.6 is 0 Å². The van der Waals surface area contributed by atoms with Crippen molar-refractivity contribution in [3.8, 4) is 6.07 Å². The highest BCUT2D eigenvalue weighted by molar-refractivity contribution is 5.11. The molecule has 2 unspecified atom stereocenters. The molecule has 0 saturated heterocycles. The first-order valence-corrected chi connectivity index (χ1v) is 9.16. The van der Waals surface area contributed by atoms with Gasteiger partial charge in [0.05, 0.1) is 6.07 Å². The molecule has 2 aliphatic rings. The Morgan fingerprint density at radius 1 is 1.10 bits per heavy atom. The molecule has 120 valence electrons. The summed E-state index contributed by atoms with van der Waals surface area (Å²) in [6, 6.07) is 4.01. The van der Waals surface area contributed by atoms with Crippen LogP contribution in [0.4, 0.5) is 0 Å². The predicted octanol–water partition coefficient (Wildman–Crippen LogP) is 3.85. The Balaban J connectivity index is 2.01. The van der Waals surface area contributed by atoms with Crippen molar-refractivity contribution in [3.63, 3.8) is 0 Å². The zero-order valence-corrected chi connectivity index (χ0v) is 14.0. The van der Waals surface area contributed by atoms with Crippen molar-refractivity contribution in [1.29, 1.82) is 5.26 Å². The predicted molar refractivity (Wildman–Crippen MR) is 88.1 cm³/mol. The Morgan fingerprint density at radius 3 is 2.43 bits per heavy atom. The Labute approximate surface area is 131 Å². The fraction of sp³-hybridized carbons (Fsp3) is 0.944. The summed E-state index contributed by atoms with van der Waals surface area (Å²) in [6.45, 7) is 6.59. The third-order valence-electron chi connectivity index (χ3n) is 5.53. The van der Waals surface area contributed by atoms with E-state index < -0.39 is 0 Å². The van der Waals surface area contributed by atoms with Gasteiger partial charge in [-0.15, -0.1) is 0 Å². The summed E-state index contributed by atoms with van der Waals surface area (Å²) in [7, 11) is 0. The van der Waals surface area contributed by atoms with Gasteiger partial charge in [0.1, 0.15) is 5.54 Å². The van der Waals surface area contributed by atoms with Gasteiger partial charge < -0.3 is 0 Å². The number of hydrogen-bond donors (Lipinski definition) is 1. The zero-order chi connectivity index (χ0) is 15.1. The summed E-state index contributed by atoms with van der Waals surface area (Å²) < 4.78 is 0. The van der Waals surface area contributed by atoms with Gasteiger partial charge in [0.25, 0.3) is 0 Å². The van der Waals surface area contributed by atoms with Crippen LogP contribution in [-0.4, -0.2) is 35.6 Å². The van der Waals surface area contributed by atoms with Crippen molar-refractivity contribution in [2.75, 3.05) is 13.1 Å². The molecule has 2 saturated carbocycles. The van der Waals surface area contributed by atoms with E-state index in [0.29, 0.717) is 6.04 Å². The van der Waals surface area contributed by atoms with Gasteiger partial charge in [0.15, 0.2) is 0 Å². The first kappa shape index (κ1) is 16.8. The van der Waals surface area contributed by atoms with Crippen molar-refractivity contribution >= 4 is 0 Å². The molecular formula is C18H33N3. The summed E-state index contributed by atoms with van der Waals surface area (Å²) in [4.78, 5) is 2.73. The van der Waals surface area contributed by atoms with Crippen LogP contribution in [0.1, 0.15) is 78.1 Å². The quantitative estimate of drug-likeness (QED) is 0.808. The van der Waals surface area contributed by atoms with E-state index in [-0.39, 0.29) is 5.54 Å². The number of nitrogens with zero attached hydrogens (tertiary/aromatic N) is 2. The van der Waals surface area contributed by atoms with Crippen molar-refractivity contribution < 1.29 is 0 Å². The second kappa shape index (κ2) is 8.15. The molecule has 2 fully saturated rings. The van der Waals surface area contributed by atoms with Gasteiger partial charge in [-0.2, -0.15) is 5.26 Å². The lowest BCUT2D eigenvalue weighted by atomic mass is 9.78. The topological polar surface area (TPSA) is 39.1 Å². The molecule has 0 heterocycles. The molecule has 0 bridgehead atoms. The van der Waals surface area contributed by atoms with Gasteiger partial charge >= 0.3 is 0 Å². The van der Waals surface area contributed by atoms with E-state index in [2.05, 4.69) is 30.1 Å². The maximum atomic E-state index is 9.72. The first-order valence-electron chi connectivity index (χ1n) is 9.16. The molecule has 3 heteroatoms. The van der Waals surface area contributed by atoms with Crippen molar-refractivity contribution in [2.45, 2.75) is 95.7 Å². The summed E-state index contributed by atoms with van der Waals surface area (Å²) in [6.07, 6.45) is 12.6. The van der Waals surface area contributed by atoms with Crippen LogP contribution in [0.5, 0.6) is 0 Å². The SMILES string of the molecule is CCCNC1(C#N)CCCC(N(CC)C2CCCCC2)C1. The normalized spacial score (nSPS) is 31.2. The fourth-order valence-electron chi connectivity index (χ4n) is 4.42. The lowest BCUT2D eigenvalue weighted by Gasteiger charge is -2.45. The molecule has 0 radical (unpaired) electrons. The maximum absolute atomic E-state index is 9.72. The smallest absolute Gasteiger partial charge is 0.108 e. The Kier molecular flexibility index (Phi) is 6.51. The van der Waals surface area contributed by atoms with Gasteiger partial charge in [0, 0.05) is 12.1 Å². The molecule has 0 aromatic rings. The van der Waals surface area contributed by atoms with Crippen LogP contribution in [0.2, 0.25) is 0 Å². The Bertz CT molecular complexity index is 343. The third kappa shape index (κ3) is 4.20. The summed E-state index contributed by atoms with van der Waals surface area (Å²) in [5.41, 5.74) is -0.263. The average Bonchev–Trinajstić information content (AvgIpc) is 2.55. The van der Waals surface area contributed by atoms with Crippen molar-refractivity contribution in [2.24, 2.45) is 0 Å². The summed E-state index contributed by atoms with van der Waals surface area (Å²) in [5.74, 6) is 0. The lowest BCUT2D eigenvalue weighted by molar-refractivity contribution is 0.0663. The molecule has 2 rings (SSSR count). The number of nitriles is 1. The molecule has 0 aliphatic heterocycles. The van der Waals surface area contributed by atoms with Crippen molar-refractivity contribution in [3.05, 3.63) is 0 Å². The molecule has 0 aromatic heterocycles. The molecule has 21 heavy (non-hydrogen) atoms. The van der Waals surface area contributed by atoms with E-state index >= 15 is 0 Å². The highest BCUT2D eigenvalue weighted by Crippen LogP contribution is 2.34. The van der Waals surface area contributed by atoms with Crippen LogP contribution in [0.25, 0.3) is 0 Å². The molecular weight excluding hydrogens is 258 g/mol.